The van der Waals surface area contributed by atoms with Crippen molar-refractivity contribution in [3.63, 3.8) is 0 Å². The van der Waals surface area contributed by atoms with Gasteiger partial charge in [-0.2, -0.15) is 0 Å². The number of nitrogens with one attached hydrogen (secondary N) is 1. The summed E-state index contributed by atoms with van der Waals surface area (Å²) in [6, 6.07) is 13.2. The summed E-state index contributed by atoms with van der Waals surface area (Å²) in [5, 5.41) is 2.85. The SMILES string of the molecule is CCOc1ccc(NC(=O)CCN(C(C)=O)c2cc(C)cc(C)c2)cc1. The number of amides is 2. The van der Waals surface area contributed by atoms with Crippen molar-refractivity contribution in [1.29, 1.82) is 0 Å². The molecule has 0 bridgehead atoms. The molecule has 2 aromatic rings. The van der Waals surface area contributed by atoms with Crippen LogP contribution in [0.2, 0.25) is 0 Å². The minimum atomic E-state index is -0.134. The monoisotopic (exact) mass is 354 g/mol. The molecule has 0 aliphatic rings. The highest BCUT2D eigenvalue weighted by Crippen LogP contribution is 2.20. The van der Waals surface area contributed by atoms with Gasteiger partial charge >= 0.3 is 0 Å². The standard InChI is InChI=1S/C21H26N2O3/c1-5-26-20-8-6-18(7-9-20)22-21(25)10-11-23(17(4)24)19-13-15(2)12-16(3)14-19/h6-9,12-14H,5,10-11H2,1-4H3,(H,22,25). The first kappa shape index (κ1) is 19.5. The second kappa shape index (κ2) is 9.04. The summed E-state index contributed by atoms with van der Waals surface area (Å²) in [7, 11) is 0. The van der Waals surface area contributed by atoms with Gasteiger partial charge in [0.2, 0.25) is 11.8 Å². The molecule has 0 aliphatic heterocycles. The highest BCUT2D eigenvalue weighted by atomic mass is 16.5. The van der Waals surface area contributed by atoms with E-state index in [1.54, 1.807) is 17.0 Å². The fourth-order valence-corrected chi connectivity index (χ4v) is 2.81. The maximum absolute atomic E-state index is 12.2. The van der Waals surface area contributed by atoms with E-state index < -0.39 is 0 Å². The highest BCUT2D eigenvalue weighted by Gasteiger charge is 2.14. The van der Waals surface area contributed by atoms with E-state index in [-0.39, 0.29) is 18.2 Å². The minimum Gasteiger partial charge on any atom is -0.494 e. The predicted molar refractivity (Wildman–Crippen MR) is 105 cm³/mol. The van der Waals surface area contributed by atoms with E-state index in [1.807, 2.05) is 45.0 Å². The molecule has 5 nitrogen and oxygen atoms in total. The van der Waals surface area contributed by atoms with Crippen LogP contribution in [-0.4, -0.2) is 25.0 Å². The molecule has 0 saturated carbocycles. The smallest absolute Gasteiger partial charge is 0.226 e. The van der Waals surface area contributed by atoms with E-state index in [0.29, 0.717) is 18.8 Å². The zero-order valence-electron chi connectivity index (χ0n) is 15.8. The van der Waals surface area contributed by atoms with Crippen molar-refractivity contribution < 1.29 is 14.3 Å². The Labute approximate surface area is 155 Å². The van der Waals surface area contributed by atoms with E-state index in [0.717, 1.165) is 22.6 Å². The van der Waals surface area contributed by atoms with Gasteiger partial charge in [0, 0.05) is 31.3 Å². The molecule has 0 saturated heterocycles. The molecule has 2 aromatic carbocycles. The van der Waals surface area contributed by atoms with Crippen LogP contribution in [-0.2, 0) is 9.59 Å². The van der Waals surface area contributed by atoms with Crippen LogP contribution in [0.3, 0.4) is 0 Å². The number of anilines is 2. The summed E-state index contributed by atoms with van der Waals surface area (Å²) in [6.07, 6.45) is 0.222. The number of hydrogen-bond acceptors (Lipinski definition) is 3. The quantitative estimate of drug-likeness (QED) is 0.815. The lowest BCUT2D eigenvalue weighted by atomic mass is 10.1. The molecule has 0 fully saturated rings. The van der Waals surface area contributed by atoms with Gasteiger partial charge in [0.15, 0.2) is 0 Å². The van der Waals surface area contributed by atoms with Crippen LogP contribution in [0.25, 0.3) is 0 Å². The molecule has 1 N–H and O–H groups in total. The second-order valence-corrected chi connectivity index (χ2v) is 6.27. The molecule has 2 amide bonds. The summed E-state index contributed by atoms with van der Waals surface area (Å²) in [5.74, 6) is 0.553. The molecule has 26 heavy (non-hydrogen) atoms. The van der Waals surface area contributed by atoms with Crippen molar-refractivity contribution in [3.05, 3.63) is 53.6 Å². The number of nitrogens with zero attached hydrogens (tertiary/aromatic N) is 1. The fraction of sp³-hybridized carbons (Fsp3) is 0.333. The lowest BCUT2D eigenvalue weighted by Gasteiger charge is -2.22. The Morgan fingerprint density at radius 2 is 1.65 bits per heavy atom. The zero-order valence-corrected chi connectivity index (χ0v) is 15.8. The number of carbonyl (C=O) groups is 2. The van der Waals surface area contributed by atoms with Gasteiger partial charge in [-0.25, -0.2) is 0 Å². The van der Waals surface area contributed by atoms with Crippen LogP contribution < -0.4 is 15.0 Å². The number of benzene rings is 2. The summed E-state index contributed by atoms with van der Waals surface area (Å²) >= 11 is 0. The second-order valence-electron chi connectivity index (χ2n) is 6.27. The average molecular weight is 354 g/mol. The van der Waals surface area contributed by atoms with E-state index in [4.69, 9.17) is 4.74 Å². The molecule has 0 atom stereocenters. The molecule has 0 spiro atoms. The molecule has 5 heteroatoms. The zero-order chi connectivity index (χ0) is 19.1. The minimum absolute atomic E-state index is 0.0798. The summed E-state index contributed by atoms with van der Waals surface area (Å²) in [6.45, 7) is 8.36. The summed E-state index contributed by atoms with van der Waals surface area (Å²) in [4.78, 5) is 25.9. The molecule has 0 radical (unpaired) electrons. The van der Waals surface area contributed by atoms with Gasteiger partial charge in [-0.3, -0.25) is 9.59 Å². The lowest BCUT2D eigenvalue weighted by Crippen LogP contribution is -2.32. The van der Waals surface area contributed by atoms with Crippen molar-refractivity contribution in [3.8, 4) is 5.75 Å². The third kappa shape index (κ3) is 5.62. The molecule has 0 aliphatic carbocycles. The van der Waals surface area contributed by atoms with Crippen LogP contribution in [0, 0.1) is 13.8 Å². The Kier molecular flexibility index (Phi) is 6.78. The largest absolute Gasteiger partial charge is 0.494 e. The van der Waals surface area contributed by atoms with Gasteiger partial charge in [0.05, 0.1) is 6.61 Å². The maximum Gasteiger partial charge on any atom is 0.226 e. The summed E-state index contributed by atoms with van der Waals surface area (Å²) < 4.78 is 5.38. The first-order valence-electron chi connectivity index (χ1n) is 8.78. The van der Waals surface area contributed by atoms with Gasteiger partial charge in [-0.15, -0.1) is 0 Å². The molecular weight excluding hydrogens is 328 g/mol. The van der Waals surface area contributed by atoms with Crippen molar-refractivity contribution in [2.75, 3.05) is 23.4 Å². The van der Waals surface area contributed by atoms with E-state index in [2.05, 4.69) is 11.4 Å². The van der Waals surface area contributed by atoms with Gasteiger partial charge in [0.1, 0.15) is 5.75 Å². The van der Waals surface area contributed by atoms with E-state index >= 15 is 0 Å². The Bertz CT molecular complexity index is 749. The third-order valence-electron chi connectivity index (χ3n) is 3.91. The Balaban J connectivity index is 1.97. The molecule has 0 aromatic heterocycles. The van der Waals surface area contributed by atoms with Crippen molar-refractivity contribution in [2.45, 2.75) is 34.1 Å². The highest BCUT2D eigenvalue weighted by molar-refractivity contribution is 5.94. The number of aryl methyl sites for hydroxylation is 2. The predicted octanol–water partition coefficient (Wildman–Crippen LogP) is 4.08. The van der Waals surface area contributed by atoms with Gasteiger partial charge in [0.25, 0.3) is 0 Å². The Morgan fingerprint density at radius 3 is 2.19 bits per heavy atom. The topological polar surface area (TPSA) is 58.6 Å². The van der Waals surface area contributed by atoms with Crippen LogP contribution in [0.5, 0.6) is 5.75 Å². The van der Waals surface area contributed by atoms with Crippen molar-refractivity contribution in [2.24, 2.45) is 0 Å². The van der Waals surface area contributed by atoms with Gasteiger partial charge in [-0.05, 0) is 68.3 Å². The fourth-order valence-electron chi connectivity index (χ4n) is 2.81. The molecule has 138 valence electrons. The lowest BCUT2D eigenvalue weighted by molar-refractivity contribution is -0.117. The van der Waals surface area contributed by atoms with E-state index in [1.165, 1.54) is 6.92 Å². The molecule has 0 heterocycles. The Morgan fingerprint density at radius 1 is 1.04 bits per heavy atom. The molecule has 0 unspecified atom stereocenters. The van der Waals surface area contributed by atoms with Crippen molar-refractivity contribution >= 4 is 23.2 Å². The van der Waals surface area contributed by atoms with Crippen LogP contribution >= 0.6 is 0 Å². The number of rotatable bonds is 7. The van der Waals surface area contributed by atoms with Crippen LogP contribution in [0.4, 0.5) is 11.4 Å². The van der Waals surface area contributed by atoms with Crippen molar-refractivity contribution in [1.82, 2.24) is 0 Å². The van der Waals surface area contributed by atoms with Crippen LogP contribution in [0.15, 0.2) is 42.5 Å². The maximum atomic E-state index is 12.2. The van der Waals surface area contributed by atoms with Gasteiger partial charge < -0.3 is 15.0 Å². The molecular formula is C21H26N2O3. The molecule has 2 rings (SSSR count). The Hall–Kier alpha value is -2.82. The number of hydrogen-bond donors (Lipinski definition) is 1. The normalized spacial score (nSPS) is 10.3. The van der Waals surface area contributed by atoms with Gasteiger partial charge in [-0.1, -0.05) is 6.07 Å². The number of ether oxygens (including phenoxy) is 1. The van der Waals surface area contributed by atoms with Crippen LogP contribution in [0.1, 0.15) is 31.4 Å². The third-order valence-corrected chi connectivity index (χ3v) is 3.91. The average Bonchev–Trinajstić information content (AvgIpc) is 2.56. The van der Waals surface area contributed by atoms with E-state index in [9.17, 15) is 9.59 Å². The first-order valence-corrected chi connectivity index (χ1v) is 8.78. The summed E-state index contributed by atoms with van der Waals surface area (Å²) in [5.41, 5.74) is 3.71. The first-order chi connectivity index (χ1) is 12.4. The number of carbonyl (C=O) groups excluding carboxylic acids is 2.